The Hall–Kier alpha value is -1.53. The summed E-state index contributed by atoms with van der Waals surface area (Å²) in [6, 6.07) is 3.91. The molecule has 6 heteroatoms. The van der Waals surface area contributed by atoms with E-state index in [1.54, 1.807) is 23.9 Å². The molecule has 0 bridgehead atoms. The summed E-state index contributed by atoms with van der Waals surface area (Å²) in [5, 5.41) is 6.23. The van der Waals surface area contributed by atoms with Gasteiger partial charge in [0.05, 0.1) is 10.2 Å². The molecule has 4 nitrogen and oxygen atoms in total. The van der Waals surface area contributed by atoms with Crippen LogP contribution < -0.4 is 5.32 Å². The number of thiophene rings is 1. The SMILES string of the molecule is c1cc(Nc2ncnc3ccsc23)sn1. The van der Waals surface area contributed by atoms with E-state index in [1.165, 1.54) is 11.5 Å². The lowest BCUT2D eigenvalue weighted by atomic mass is 10.4. The van der Waals surface area contributed by atoms with Crippen LogP contribution in [0.2, 0.25) is 0 Å². The van der Waals surface area contributed by atoms with Crippen LogP contribution in [0.4, 0.5) is 10.8 Å². The zero-order valence-corrected chi connectivity index (χ0v) is 9.18. The molecule has 3 aromatic rings. The quantitative estimate of drug-likeness (QED) is 0.740. The summed E-state index contributed by atoms with van der Waals surface area (Å²) in [4.78, 5) is 8.40. The molecule has 0 aliphatic rings. The summed E-state index contributed by atoms with van der Waals surface area (Å²) >= 11 is 3.04. The van der Waals surface area contributed by atoms with Gasteiger partial charge in [-0.05, 0) is 29.0 Å². The lowest BCUT2D eigenvalue weighted by Gasteiger charge is -2.01. The van der Waals surface area contributed by atoms with E-state index < -0.39 is 0 Å². The fourth-order valence-electron chi connectivity index (χ4n) is 1.27. The van der Waals surface area contributed by atoms with Gasteiger partial charge in [0, 0.05) is 6.20 Å². The van der Waals surface area contributed by atoms with Crippen molar-refractivity contribution in [3.63, 3.8) is 0 Å². The van der Waals surface area contributed by atoms with Gasteiger partial charge in [0.25, 0.3) is 0 Å². The Bertz CT molecular complexity index is 573. The predicted molar refractivity (Wildman–Crippen MR) is 62.8 cm³/mol. The van der Waals surface area contributed by atoms with E-state index >= 15 is 0 Å². The first-order valence-electron chi connectivity index (χ1n) is 4.29. The van der Waals surface area contributed by atoms with Crippen LogP contribution in [-0.4, -0.2) is 14.3 Å². The van der Waals surface area contributed by atoms with Crippen LogP contribution in [0.25, 0.3) is 10.2 Å². The molecule has 0 aliphatic carbocycles. The number of rotatable bonds is 2. The van der Waals surface area contributed by atoms with Gasteiger partial charge in [0.2, 0.25) is 0 Å². The summed E-state index contributed by atoms with van der Waals surface area (Å²) in [7, 11) is 0. The highest BCUT2D eigenvalue weighted by molar-refractivity contribution is 7.17. The van der Waals surface area contributed by atoms with E-state index in [4.69, 9.17) is 0 Å². The fraction of sp³-hybridized carbons (Fsp3) is 0. The highest BCUT2D eigenvalue weighted by atomic mass is 32.1. The van der Waals surface area contributed by atoms with E-state index in [2.05, 4.69) is 19.7 Å². The molecule has 0 radical (unpaired) electrons. The number of anilines is 2. The summed E-state index contributed by atoms with van der Waals surface area (Å²) in [5.41, 5.74) is 0.974. The second-order valence-electron chi connectivity index (χ2n) is 2.86. The minimum Gasteiger partial charge on any atom is -0.329 e. The van der Waals surface area contributed by atoms with Gasteiger partial charge in [-0.2, -0.15) is 4.37 Å². The molecule has 1 N–H and O–H groups in total. The molecule has 0 spiro atoms. The maximum absolute atomic E-state index is 4.22. The molecule has 0 saturated heterocycles. The minimum absolute atomic E-state index is 0.847. The molecule has 0 aliphatic heterocycles. The van der Waals surface area contributed by atoms with Crippen molar-refractivity contribution in [2.45, 2.75) is 0 Å². The molecule has 0 saturated carbocycles. The molecule has 3 aromatic heterocycles. The molecular formula is C9H6N4S2. The molecule has 0 amide bonds. The highest BCUT2D eigenvalue weighted by Crippen LogP contribution is 2.28. The summed E-state index contributed by atoms with van der Waals surface area (Å²) in [5.74, 6) is 0.847. The van der Waals surface area contributed by atoms with Crippen LogP contribution in [-0.2, 0) is 0 Å². The molecule has 74 valence electrons. The second kappa shape index (κ2) is 3.56. The Labute approximate surface area is 93.8 Å². The molecule has 0 atom stereocenters. The molecule has 0 aromatic carbocycles. The number of nitrogens with one attached hydrogen (secondary N) is 1. The fourth-order valence-corrected chi connectivity index (χ4v) is 2.56. The zero-order valence-electron chi connectivity index (χ0n) is 7.54. The Morgan fingerprint density at radius 2 is 2.20 bits per heavy atom. The van der Waals surface area contributed by atoms with E-state index in [0.29, 0.717) is 0 Å². The smallest absolute Gasteiger partial charge is 0.152 e. The molecule has 15 heavy (non-hydrogen) atoms. The van der Waals surface area contributed by atoms with Crippen molar-refractivity contribution in [2.75, 3.05) is 5.32 Å². The van der Waals surface area contributed by atoms with Crippen LogP contribution in [0, 0.1) is 0 Å². The van der Waals surface area contributed by atoms with Crippen molar-refractivity contribution in [1.29, 1.82) is 0 Å². The van der Waals surface area contributed by atoms with Crippen LogP contribution >= 0.6 is 22.9 Å². The highest BCUT2D eigenvalue weighted by Gasteiger charge is 2.05. The third-order valence-corrected chi connectivity index (χ3v) is 3.49. The van der Waals surface area contributed by atoms with E-state index in [1.807, 2.05) is 17.5 Å². The van der Waals surface area contributed by atoms with Crippen LogP contribution in [0.15, 0.2) is 30.0 Å². The first-order chi connectivity index (χ1) is 7.43. The number of hydrogen-bond donors (Lipinski definition) is 1. The van der Waals surface area contributed by atoms with Gasteiger partial charge in [-0.15, -0.1) is 11.3 Å². The number of aromatic nitrogens is 3. The summed E-state index contributed by atoms with van der Waals surface area (Å²) in [6.45, 7) is 0. The topological polar surface area (TPSA) is 50.7 Å². The Kier molecular flexibility index (Phi) is 2.08. The average molecular weight is 234 g/mol. The lowest BCUT2D eigenvalue weighted by molar-refractivity contribution is 1.23. The third kappa shape index (κ3) is 1.57. The first-order valence-corrected chi connectivity index (χ1v) is 5.95. The standard InChI is InChI=1S/C9H6N4S2/c1-3-12-15-7(1)13-9-8-6(2-4-14-8)10-5-11-9/h1-5H,(H,10,11,13). The average Bonchev–Trinajstić information content (AvgIpc) is 2.87. The maximum atomic E-state index is 4.22. The number of hydrogen-bond acceptors (Lipinski definition) is 6. The summed E-state index contributed by atoms with van der Waals surface area (Å²) in [6.07, 6.45) is 3.33. The Balaban J connectivity index is 2.07. The lowest BCUT2D eigenvalue weighted by Crippen LogP contribution is -1.91. The largest absolute Gasteiger partial charge is 0.329 e. The number of nitrogens with zero attached hydrogens (tertiary/aromatic N) is 3. The minimum atomic E-state index is 0.847. The maximum Gasteiger partial charge on any atom is 0.152 e. The van der Waals surface area contributed by atoms with E-state index in [-0.39, 0.29) is 0 Å². The molecule has 3 heterocycles. The van der Waals surface area contributed by atoms with Gasteiger partial charge in [-0.1, -0.05) is 0 Å². The third-order valence-electron chi connectivity index (χ3n) is 1.92. The molecule has 3 rings (SSSR count). The van der Waals surface area contributed by atoms with E-state index in [0.717, 1.165) is 21.0 Å². The van der Waals surface area contributed by atoms with Gasteiger partial charge >= 0.3 is 0 Å². The van der Waals surface area contributed by atoms with Gasteiger partial charge in [0.15, 0.2) is 5.82 Å². The van der Waals surface area contributed by atoms with Crippen LogP contribution in [0.3, 0.4) is 0 Å². The van der Waals surface area contributed by atoms with Gasteiger partial charge in [-0.25, -0.2) is 9.97 Å². The molecule has 0 fully saturated rings. The van der Waals surface area contributed by atoms with Crippen molar-refractivity contribution >= 4 is 43.9 Å². The summed E-state index contributed by atoms with van der Waals surface area (Å²) < 4.78 is 5.10. The second-order valence-corrected chi connectivity index (χ2v) is 4.61. The van der Waals surface area contributed by atoms with Crippen LogP contribution in [0.5, 0.6) is 0 Å². The van der Waals surface area contributed by atoms with Crippen LogP contribution in [0.1, 0.15) is 0 Å². The van der Waals surface area contributed by atoms with Crippen molar-refractivity contribution in [2.24, 2.45) is 0 Å². The van der Waals surface area contributed by atoms with E-state index in [9.17, 15) is 0 Å². The van der Waals surface area contributed by atoms with Crippen molar-refractivity contribution in [3.8, 4) is 0 Å². The Morgan fingerprint density at radius 3 is 3.07 bits per heavy atom. The van der Waals surface area contributed by atoms with Crippen molar-refractivity contribution in [1.82, 2.24) is 14.3 Å². The van der Waals surface area contributed by atoms with Gasteiger partial charge in [-0.3, -0.25) is 0 Å². The van der Waals surface area contributed by atoms with Crippen molar-refractivity contribution < 1.29 is 0 Å². The van der Waals surface area contributed by atoms with Gasteiger partial charge in [0.1, 0.15) is 11.3 Å². The Morgan fingerprint density at radius 1 is 1.20 bits per heavy atom. The number of fused-ring (bicyclic) bond motifs is 1. The molecule has 0 unspecified atom stereocenters. The zero-order chi connectivity index (χ0) is 10.1. The van der Waals surface area contributed by atoms with Gasteiger partial charge < -0.3 is 5.32 Å². The monoisotopic (exact) mass is 234 g/mol. The normalized spacial score (nSPS) is 10.7. The predicted octanol–water partition coefficient (Wildman–Crippen LogP) is 2.89. The van der Waals surface area contributed by atoms with Crippen molar-refractivity contribution in [3.05, 3.63) is 30.0 Å². The first kappa shape index (κ1) is 8.75. The molecular weight excluding hydrogens is 228 g/mol.